The summed E-state index contributed by atoms with van der Waals surface area (Å²) in [6.07, 6.45) is 1.75. The zero-order valence-electron chi connectivity index (χ0n) is 10.5. The van der Waals surface area contributed by atoms with E-state index in [0.717, 1.165) is 14.2 Å². The Morgan fingerprint density at radius 3 is 2.71 bits per heavy atom. The summed E-state index contributed by atoms with van der Waals surface area (Å²) in [5.41, 5.74) is 0.885. The predicted molar refractivity (Wildman–Crippen MR) is 92.9 cm³/mol. The molecule has 4 nitrogen and oxygen atoms in total. The second-order valence-electron chi connectivity index (χ2n) is 4.06. The third kappa shape index (κ3) is 3.32. The van der Waals surface area contributed by atoms with E-state index < -0.39 is 0 Å². The topological polar surface area (TPSA) is 46.0 Å². The van der Waals surface area contributed by atoms with Gasteiger partial charge >= 0.3 is 0 Å². The number of aromatic amines is 1. The molecule has 0 spiro atoms. The summed E-state index contributed by atoms with van der Waals surface area (Å²) in [6.45, 7) is 0. The van der Waals surface area contributed by atoms with Crippen LogP contribution < -0.4 is 0 Å². The molecule has 0 aliphatic carbocycles. The van der Waals surface area contributed by atoms with Gasteiger partial charge in [-0.05, 0) is 64.5 Å². The van der Waals surface area contributed by atoms with Crippen LogP contribution in [-0.4, -0.2) is 21.1 Å². The quantitative estimate of drug-likeness (QED) is 0.499. The van der Waals surface area contributed by atoms with Gasteiger partial charge in [0.25, 0.3) is 0 Å². The van der Waals surface area contributed by atoms with Crippen LogP contribution in [0.1, 0.15) is 4.88 Å². The van der Waals surface area contributed by atoms with E-state index in [1.165, 1.54) is 0 Å². The van der Waals surface area contributed by atoms with Crippen molar-refractivity contribution >= 4 is 57.3 Å². The van der Waals surface area contributed by atoms with E-state index in [2.05, 4.69) is 31.2 Å². The molecule has 0 aliphatic heterocycles. The standard InChI is InChI=1S/C13H8BrClN4S2/c14-11-6-5-10(21-11)7-16-19-12(17-18-13(19)20)8-1-3-9(15)4-2-8/h1-7H,(H,18,20)/b16-7-. The van der Waals surface area contributed by atoms with E-state index in [4.69, 9.17) is 23.8 Å². The largest absolute Gasteiger partial charge is 0.250 e. The molecular weight excluding hydrogens is 392 g/mol. The lowest BCUT2D eigenvalue weighted by molar-refractivity contribution is 0.872. The van der Waals surface area contributed by atoms with Crippen LogP contribution in [0.4, 0.5) is 0 Å². The van der Waals surface area contributed by atoms with E-state index in [0.29, 0.717) is 15.6 Å². The van der Waals surface area contributed by atoms with Crippen LogP contribution in [0.15, 0.2) is 45.3 Å². The van der Waals surface area contributed by atoms with Crippen LogP contribution >= 0.6 is 51.1 Å². The second-order valence-corrected chi connectivity index (χ2v) is 7.38. The van der Waals surface area contributed by atoms with Gasteiger partial charge in [-0.1, -0.05) is 11.6 Å². The van der Waals surface area contributed by atoms with Gasteiger partial charge in [-0.15, -0.1) is 11.3 Å². The lowest BCUT2D eigenvalue weighted by atomic mass is 10.2. The molecule has 0 radical (unpaired) electrons. The van der Waals surface area contributed by atoms with E-state index in [-0.39, 0.29) is 0 Å². The molecule has 0 atom stereocenters. The van der Waals surface area contributed by atoms with Crippen molar-refractivity contribution in [3.63, 3.8) is 0 Å². The first-order valence-corrected chi connectivity index (χ1v) is 8.26. The molecular formula is C13H8BrClN4S2. The van der Waals surface area contributed by atoms with Gasteiger partial charge in [0.1, 0.15) is 0 Å². The number of benzene rings is 1. The normalized spacial score (nSPS) is 11.3. The summed E-state index contributed by atoms with van der Waals surface area (Å²) in [5.74, 6) is 0.642. The van der Waals surface area contributed by atoms with Crippen molar-refractivity contribution in [1.29, 1.82) is 0 Å². The molecule has 8 heteroatoms. The van der Waals surface area contributed by atoms with Crippen molar-refractivity contribution in [3.8, 4) is 11.4 Å². The molecule has 2 aromatic heterocycles. The fourth-order valence-corrected chi connectivity index (χ4v) is 3.29. The van der Waals surface area contributed by atoms with Gasteiger partial charge in [-0.25, -0.2) is 5.10 Å². The minimum absolute atomic E-state index is 0.437. The van der Waals surface area contributed by atoms with Crippen molar-refractivity contribution in [3.05, 3.63) is 54.9 Å². The van der Waals surface area contributed by atoms with Gasteiger partial charge in [-0.2, -0.15) is 14.9 Å². The van der Waals surface area contributed by atoms with Gasteiger partial charge in [0.15, 0.2) is 5.82 Å². The molecule has 3 aromatic rings. The zero-order chi connectivity index (χ0) is 14.8. The maximum Gasteiger partial charge on any atom is 0.216 e. The Bertz CT molecular complexity index is 848. The fourth-order valence-electron chi connectivity index (χ4n) is 1.70. The number of rotatable bonds is 3. The third-order valence-electron chi connectivity index (χ3n) is 2.65. The minimum Gasteiger partial charge on any atom is -0.250 e. The van der Waals surface area contributed by atoms with Crippen molar-refractivity contribution in [1.82, 2.24) is 14.9 Å². The predicted octanol–water partition coefficient (Wildman–Crippen LogP) is 4.97. The van der Waals surface area contributed by atoms with Crippen LogP contribution in [0.2, 0.25) is 5.02 Å². The summed E-state index contributed by atoms with van der Waals surface area (Å²) in [6, 6.07) is 11.3. The van der Waals surface area contributed by atoms with Crippen molar-refractivity contribution in [2.45, 2.75) is 0 Å². The number of thiophene rings is 1. The molecule has 0 saturated heterocycles. The Balaban J connectivity index is 1.99. The molecule has 21 heavy (non-hydrogen) atoms. The lowest BCUT2D eigenvalue weighted by Crippen LogP contribution is -1.94. The third-order valence-corrected chi connectivity index (χ3v) is 4.72. The molecule has 0 bridgehead atoms. The molecule has 1 N–H and O–H groups in total. The lowest BCUT2D eigenvalue weighted by Gasteiger charge is -2.00. The first kappa shape index (κ1) is 14.6. The molecule has 0 unspecified atom stereocenters. The van der Waals surface area contributed by atoms with E-state index in [1.807, 2.05) is 24.3 Å². The second kappa shape index (κ2) is 6.23. The minimum atomic E-state index is 0.437. The number of halogens is 2. The number of hydrogen-bond donors (Lipinski definition) is 1. The van der Waals surface area contributed by atoms with Gasteiger partial charge in [0.2, 0.25) is 4.77 Å². The summed E-state index contributed by atoms with van der Waals surface area (Å²) in [7, 11) is 0. The highest BCUT2D eigenvalue weighted by molar-refractivity contribution is 9.11. The number of aromatic nitrogens is 3. The fraction of sp³-hybridized carbons (Fsp3) is 0. The maximum absolute atomic E-state index is 5.90. The van der Waals surface area contributed by atoms with Crippen LogP contribution in [0.5, 0.6) is 0 Å². The van der Waals surface area contributed by atoms with Gasteiger partial charge in [-0.3, -0.25) is 0 Å². The van der Waals surface area contributed by atoms with Crippen LogP contribution in [0.3, 0.4) is 0 Å². The molecule has 3 rings (SSSR count). The Morgan fingerprint density at radius 2 is 2.05 bits per heavy atom. The Kier molecular flexibility index (Phi) is 4.34. The van der Waals surface area contributed by atoms with Crippen LogP contribution in [-0.2, 0) is 0 Å². The monoisotopic (exact) mass is 398 g/mol. The van der Waals surface area contributed by atoms with E-state index >= 15 is 0 Å². The molecule has 106 valence electrons. The Hall–Kier alpha value is -1.28. The van der Waals surface area contributed by atoms with Gasteiger partial charge in [0, 0.05) is 15.5 Å². The molecule has 1 aromatic carbocycles. The number of hydrogen-bond acceptors (Lipinski definition) is 4. The van der Waals surface area contributed by atoms with Crippen LogP contribution in [0.25, 0.3) is 11.4 Å². The van der Waals surface area contributed by atoms with Crippen LogP contribution in [0, 0.1) is 4.77 Å². The summed E-state index contributed by atoms with van der Waals surface area (Å²) in [4.78, 5) is 1.02. The molecule has 0 saturated carbocycles. The van der Waals surface area contributed by atoms with E-state index in [9.17, 15) is 0 Å². The molecule has 0 aliphatic rings. The number of H-pyrrole nitrogens is 1. The first-order chi connectivity index (χ1) is 10.1. The Morgan fingerprint density at radius 1 is 1.29 bits per heavy atom. The highest BCUT2D eigenvalue weighted by Gasteiger charge is 2.07. The zero-order valence-corrected chi connectivity index (χ0v) is 14.4. The first-order valence-electron chi connectivity index (χ1n) is 5.86. The smallest absolute Gasteiger partial charge is 0.216 e. The SMILES string of the molecule is S=c1[nH]nc(-c2ccc(Cl)cc2)n1/N=C\c1ccc(Br)s1. The number of nitrogens with one attached hydrogen (secondary N) is 1. The van der Waals surface area contributed by atoms with Crippen molar-refractivity contribution in [2.24, 2.45) is 5.10 Å². The average molecular weight is 400 g/mol. The highest BCUT2D eigenvalue weighted by Crippen LogP contribution is 2.22. The van der Waals surface area contributed by atoms with Gasteiger partial charge in [0.05, 0.1) is 10.0 Å². The van der Waals surface area contributed by atoms with Crippen molar-refractivity contribution < 1.29 is 0 Å². The number of nitrogens with zero attached hydrogens (tertiary/aromatic N) is 3. The van der Waals surface area contributed by atoms with E-state index in [1.54, 1.807) is 34.4 Å². The Labute approximate surface area is 143 Å². The summed E-state index contributed by atoms with van der Waals surface area (Å²) < 4.78 is 3.08. The molecule has 0 amide bonds. The average Bonchev–Trinajstić information content (AvgIpc) is 3.04. The van der Waals surface area contributed by atoms with Gasteiger partial charge < -0.3 is 0 Å². The molecule has 0 fully saturated rings. The van der Waals surface area contributed by atoms with Crippen molar-refractivity contribution in [2.75, 3.05) is 0 Å². The maximum atomic E-state index is 5.90. The molecule has 2 heterocycles. The summed E-state index contributed by atoms with van der Waals surface area (Å²) >= 11 is 16.1. The highest BCUT2D eigenvalue weighted by atomic mass is 79.9. The summed E-state index contributed by atoms with van der Waals surface area (Å²) in [5, 5.41) is 12.0.